The van der Waals surface area contributed by atoms with Gasteiger partial charge in [0.2, 0.25) is 0 Å². The molecule has 0 N–H and O–H groups in total. The van der Waals surface area contributed by atoms with E-state index in [9.17, 15) is 5.26 Å². The molecule has 0 spiro atoms. The first-order valence-corrected chi connectivity index (χ1v) is 8.71. The number of aromatic nitrogens is 1. The Morgan fingerprint density at radius 2 is 2.14 bits per heavy atom. The van der Waals surface area contributed by atoms with E-state index in [1.807, 2.05) is 0 Å². The van der Waals surface area contributed by atoms with E-state index >= 15 is 0 Å². The molecule has 4 nitrogen and oxygen atoms in total. The Kier molecular flexibility index (Phi) is 4.79. The summed E-state index contributed by atoms with van der Waals surface area (Å²) < 4.78 is 0. The summed E-state index contributed by atoms with van der Waals surface area (Å²) in [4.78, 5) is 9.57. The molecular formula is C16H22N4S. The second-order valence-electron chi connectivity index (χ2n) is 5.94. The van der Waals surface area contributed by atoms with Crippen molar-refractivity contribution < 1.29 is 0 Å². The minimum absolute atomic E-state index is 0.746. The third-order valence-corrected chi connectivity index (χ3v) is 5.26. The molecule has 0 amide bonds. The summed E-state index contributed by atoms with van der Waals surface area (Å²) in [5, 5.41) is 10.3. The Morgan fingerprint density at radius 3 is 2.90 bits per heavy atom. The van der Waals surface area contributed by atoms with Gasteiger partial charge in [-0.3, -0.25) is 0 Å². The molecule has 1 aromatic heterocycles. The van der Waals surface area contributed by atoms with Gasteiger partial charge in [0.1, 0.15) is 11.1 Å². The number of likely N-dealkylation sites (tertiary alicyclic amines) is 1. The maximum absolute atomic E-state index is 9.37. The molecule has 5 heteroatoms. The van der Waals surface area contributed by atoms with E-state index in [4.69, 9.17) is 4.98 Å². The van der Waals surface area contributed by atoms with Crippen LogP contribution in [0.3, 0.4) is 0 Å². The monoisotopic (exact) mass is 302 g/mol. The van der Waals surface area contributed by atoms with Crippen molar-refractivity contribution in [1.29, 1.82) is 5.26 Å². The van der Waals surface area contributed by atoms with E-state index in [0.717, 1.165) is 42.4 Å². The fraction of sp³-hybridized carbons (Fsp3) is 0.625. The van der Waals surface area contributed by atoms with Crippen molar-refractivity contribution in [3.63, 3.8) is 0 Å². The van der Waals surface area contributed by atoms with E-state index in [2.05, 4.69) is 29.0 Å². The number of pyridine rings is 1. The van der Waals surface area contributed by atoms with Gasteiger partial charge in [-0.2, -0.15) is 5.26 Å². The Labute approximate surface area is 131 Å². The lowest BCUT2D eigenvalue weighted by atomic mass is 10.0. The largest absolute Gasteiger partial charge is 0.303 e. The van der Waals surface area contributed by atoms with Crippen LogP contribution in [-0.4, -0.2) is 53.8 Å². The SMILES string of the molecule is CN1CCc2nc(SCCN3CCCC3)c(C#N)cc2C1. The first-order valence-electron chi connectivity index (χ1n) is 7.73. The summed E-state index contributed by atoms with van der Waals surface area (Å²) in [6.45, 7) is 5.54. The average molecular weight is 302 g/mol. The highest BCUT2D eigenvalue weighted by atomic mass is 32.2. The first-order chi connectivity index (χ1) is 10.3. The number of thioether (sulfide) groups is 1. The van der Waals surface area contributed by atoms with Crippen molar-refractivity contribution in [3.05, 3.63) is 22.9 Å². The summed E-state index contributed by atoms with van der Waals surface area (Å²) in [5.74, 6) is 1.03. The summed E-state index contributed by atoms with van der Waals surface area (Å²) >= 11 is 1.74. The molecule has 2 aliphatic heterocycles. The van der Waals surface area contributed by atoms with Crippen molar-refractivity contribution in [2.45, 2.75) is 30.8 Å². The van der Waals surface area contributed by atoms with Gasteiger partial charge >= 0.3 is 0 Å². The van der Waals surface area contributed by atoms with Gasteiger partial charge in [0.15, 0.2) is 0 Å². The summed E-state index contributed by atoms with van der Waals surface area (Å²) in [6.07, 6.45) is 3.66. The zero-order valence-electron chi connectivity index (χ0n) is 12.6. The molecule has 0 aromatic carbocycles. The minimum Gasteiger partial charge on any atom is -0.303 e. The fourth-order valence-corrected chi connectivity index (χ4v) is 4.04. The highest BCUT2D eigenvalue weighted by Gasteiger charge is 2.18. The van der Waals surface area contributed by atoms with E-state index in [0.29, 0.717) is 0 Å². The topological polar surface area (TPSA) is 43.2 Å². The molecule has 0 aliphatic carbocycles. The van der Waals surface area contributed by atoms with Gasteiger partial charge in [0, 0.05) is 37.5 Å². The standard InChI is InChI=1S/C16H22N4S/c1-19-7-4-15-14(12-19)10-13(11-17)16(18-15)21-9-8-20-5-2-3-6-20/h10H,2-9,12H2,1H3. The van der Waals surface area contributed by atoms with Crippen LogP contribution >= 0.6 is 11.8 Å². The van der Waals surface area contributed by atoms with Crippen LogP contribution in [0.1, 0.15) is 29.7 Å². The molecule has 0 radical (unpaired) electrons. The number of hydrogen-bond donors (Lipinski definition) is 0. The Hall–Kier alpha value is -1.09. The molecular weight excluding hydrogens is 280 g/mol. The molecule has 21 heavy (non-hydrogen) atoms. The van der Waals surface area contributed by atoms with Crippen LogP contribution in [0, 0.1) is 11.3 Å². The van der Waals surface area contributed by atoms with Gasteiger partial charge in [-0.15, -0.1) is 11.8 Å². The molecule has 112 valence electrons. The minimum atomic E-state index is 0.746. The van der Waals surface area contributed by atoms with Crippen molar-refractivity contribution in [2.24, 2.45) is 0 Å². The molecule has 2 aliphatic rings. The zero-order chi connectivity index (χ0) is 14.7. The lowest BCUT2D eigenvalue weighted by molar-refractivity contribution is 0.309. The van der Waals surface area contributed by atoms with Crippen molar-refractivity contribution in [1.82, 2.24) is 14.8 Å². The Bertz CT molecular complexity index is 546. The van der Waals surface area contributed by atoms with Crippen molar-refractivity contribution >= 4 is 11.8 Å². The van der Waals surface area contributed by atoms with Crippen LogP contribution in [0.15, 0.2) is 11.1 Å². The molecule has 0 bridgehead atoms. The van der Waals surface area contributed by atoms with Gasteiger partial charge in [-0.05, 0) is 44.6 Å². The number of nitriles is 1. The number of hydrogen-bond acceptors (Lipinski definition) is 5. The molecule has 3 rings (SSSR count). The molecule has 0 saturated carbocycles. The van der Waals surface area contributed by atoms with Crippen LogP contribution in [0.2, 0.25) is 0 Å². The number of rotatable bonds is 4. The first kappa shape index (κ1) is 14.8. The van der Waals surface area contributed by atoms with Gasteiger partial charge in [-0.25, -0.2) is 4.98 Å². The maximum Gasteiger partial charge on any atom is 0.114 e. The van der Waals surface area contributed by atoms with E-state index in [-0.39, 0.29) is 0 Å². The van der Waals surface area contributed by atoms with Gasteiger partial charge < -0.3 is 9.80 Å². The zero-order valence-corrected chi connectivity index (χ0v) is 13.5. The lowest BCUT2D eigenvalue weighted by Gasteiger charge is -2.24. The van der Waals surface area contributed by atoms with Crippen LogP contribution in [0.5, 0.6) is 0 Å². The second kappa shape index (κ2) is 6.78. The highest BCUT2D eigenvalue weighted by molar-refractivity contribution is 7.99. The summed E-state index contributed by atoms with van der Waals surface area (Å²) in [7, 11) is 2.12. The van der Waals surface area contributed by atoms with Gasteiger partial charge in [0.05, 0.1) is 5.56 Å². The van der Waals surface area contributed by atoms with Gasteiger partial charge in [0.25, 0.3) is 0 Å². The van der Waals surface area contributed by atoms with Crippen LogP contribution < -0.4 is 0 Å². The van der Waals surface area contributed by atoms with Crippen molar-refractivity contribution in [2.75, 3.05) is 39.0 Å². The molecule has 1 aromatic rings. The van der Waals surface area contributed by atoms with Gasteiger partial charge in [-0.1, -0.05) is 0 Å². The third-order valence-electron chi connectivity index (χ3n) is 4.29. The predicted molar refractivity (Wildman–Crippen MR) is 85.4 cm³/mol. The maximum atomic E-state index is 9.37. The molecule has 1 saturated heterocycles. The predicted octanol–water partition coefficient (Wildman–Crippen LogP) is 2.13. The molecule has 0 unspecified atom stereocenters. The Morgan fingerprint density at radius 1 is 1.33 bits per heavy atom. The highest BCUT2D eigenvalue weighted by Crippen LogP contribution is 2.26. The van der Waals surface area contributed by atoms with Crippen LogP contribution in [-0.2, 0) is 13.0 Å². The number of fused-ring (bicyclic) bond motifs is 1. The Balaban J connectivity index is 1.67. The smallest absolute Gasteiger partial charge is 0.114 e. The van der Waals surface area contributed by atoms with Crippen LogP contribution in [0.4, 0.5) is 0 Å². The van der Waals surface area contributed by atoms with E-state index < -0.39 is 0 Å². The fourth-order valence-electron chi connectivity index (χ4n) is 3.06. The van der Waals surface area contributed by atoms with Crippen LogP contribution in [0.25, 0.3) is 0 Å². The second-order valence-corrected chi connectivity index (χ2v) is 7.03. The molecule has 0 atom stereocenters. The lowest BCUT2D eigenvalue weighted by Crippen LogP contribution is -2.27. The quantitative estimate of drug-likeness (QED) is 0.797. The molecule has 3 heterocycles. The van der Waals surface area contributed by atoms with Crippen molar-refractivity contribution in [3.8, 4) is 6.07 Å². The average Bonchev–Trinajstić information content (AvgIpc) is 3.00. The third kappa shape index (κ3) is 3.57. The van der Waals surface area contributed by atoms with E-state index in [1.165, 1.54) is 37.2 Å². The van der Waals surface area contributed by atoms with E-state index in [1.54, 1.807) is 11.8 Å². The summed E-state index contributed by atoms with van der Waals surface area (Å²) in [5.41, 5.74) is 3.16. The normalized spacial score (nSPS) is 19.4. The summed E-state index contributed by atoms with van der Waals surface area (Å²) in [6, 6.07) is 4.38. The number of likely N-dealkylation sites (N-methyl/N-ethyl adjacent to an activating group) is 1. The number of nitrogens with zero attached hydrogens (tertiary/aromatic N) is 4. The molecule has 1 fully saturated rings.